The number of carbonyl (C=O) groups excluding carboxylic acids is 1. The highest BCUT2D eigenvalue weighted by Crippen LogP contribution is 2.09. The van der Waals surface area contributed by atoms with Crippen LogP contribution >= 0.6 is 0 Å². The standard InChI is InChI=1S/C13H26N2O4/c1-10(13(17)18)5-4-6-11(2)15-12(16)9-14-7-8-19-3/h10-11,14H,4-9H2,1-3H3,(H,15,16)(H,17,18). The van der Waals surface area contributed by atoms with Crippen LogP contribution in [0.5, 0.6) is 0 Å². The molecule has 0 rings (SSSR count). The average Bonchev–Trinajstić information content (AvgIpc) is 2.34. The van der Waals surface area contributed by atoms with Crippen LogP contribution in [0.3, 0.4) is 0 Å². The van der Waals surface area contributed by atoms with E-state index in [4.69, 9.17) is 9.84 Å². The Morgan fingerprint density at radius 1 is 1.26 bits per heavy atom. The van der Waals surface area contributed by atoms with Crippen LogP contribution in [0.2, 0.25) is 0 Å². The van der Waals surface area contributed by atoms with E-state index in [0.717, 1.165) is 12.8 Å². The van der Waals surface area contributed by atoms with Crippen LogP contribution < -0.4 is 10.6 Å². The van der Waals surface area contributed by atoms with Crippen molar-refractivity contribution >= 4 is 11.9 Å². The van der Waals surface area contributed by atoms with Crippen molar-refractivity contribution < 1.29 is 19.4 Å². The number of amides is 1. The van der Waals surface area contributed by atoms with Gasteiger partial charge in [0.15, 0.2) is 0 Å². The maximum absolute atomic E-state index is 11.5. The predicted molar refractivity (Wildman–Crippen MR) is 73.0 cm³/mol. The molecule has 0 saturated carbocycles. The summed E-state index contributed by atoms with van der Waals surface area (Å²) in [7, 11) is 1.61. The Balaban J connectivity index is 3.59. The zero-order valence-electron chi connectivity index (χ0n) is 12.1. The average molecular weight is 274 g/mol. The van der Waals surface area contributed by atoms with E-state index in [2.05, 4.69) is 10.6 Å². The van der Waals surface area contributed by atoms with Gasteiger partial charge in [-0.1, -0.05) is 13.3 Å². The van der Waals surface area contributed by atoms with Gasteiger partial charge in [-0.15, -0.1) is 0 Å². The fraction of sp³-hybridized carbons (Fsp3) is 0.846. The first-order valence-corrected chi connectivity index (χ1v) is 6.69. The molecule has 0 aromatic heterocycles. The second kappa shape index (κ2) is 10.8. The molecule has 0 aromatic rings. The molecule has 0 bridgehead atoms. The van der Waals surface area contributed by atoms with E-state index in [9.17, 15) is 9.59 Å². The van der Waals surface area contributed by atoms with Crippen LogP contribution in [0.4, 0.5) is 0 Å². The molecule has 6 nitrogen and oxygen atoms in total. The first-order chi connectivity index (χ1) is 8.97. The van der Waals surface area contributed by atoms with Gasteiger partial charge < -0.3 is 20.5 Å². The highest BCUT2D eigenvalue weighted by atomic mass is 16.5. The lowest BCUT2D eigenvalue weighted by atomic mass is 10.0. The number of rotatable bonds is 11. The second-order valence-corrected chi connectivity index (χ2v) is 4.81. The van der Waals surface area contributed by atoms with Crippen molar-refractivity contribution in [3.05, 3.63) is 0 Å². The van der Waals surface area contributed by atoms with E-state index >= 15 is 0 Å². The number of carbonyl (C=O) groups is 2. The van der Waals surface area contributed by atoms with Gasteiger partial charge >= 0.3 is 5.97 Å². The summed E-state index contributed by atoms with van der Waals surface area (Å²) in [5, 5.41) is 14.6. The predicted octanol–water partition coefficient (Wildman–Crippen LogP) is 0.618. The van der Waals surface area contributed by atoms with Gasteiger partial charge in [0, 0.05) is 19.7 Å². The van der Waals surface area contributed by atoms with Crippen LogP contribution in [-0.4, -0.2) is 49.8 Å². The molecular weight excluding hydrogens is 248 g/mol. The molecule has 6 heteroatoms. The van der Waals surface area contributed by atoms with Crippen molar-refractivity contribution in [3.63, 3.8) is 0 Å². The molecule has 0 aromatic carbocycles. The Morgan fingerprint density at radius 3 is 2.53 bits per heavy atom. The molecular formula is C13H26N2O4. The molecule has 0 aliphatic heterocycles. The van der Waals surface area contributed by atoms with E-state index in [1.54, 1.807) is 14.0 Å². The third-order valence-corrected chi connectivity index (χ3v) is 2.87. The zero-order valence-corrected chi connectivity index (χ0v) is 12.1. The molecule has 19 heavy (non-hydrogen) atoms. The van der Waals surface area contributed by atoms with Crippen molar-refractivity contribution in [2.45, 2.75) is 39.2 Å². The lowest BCUT2D eigenvalue weighted by Crippen LogP contribution is -2.39. The summed E-state index contributed by atoms with van der Waals surface area (Å²) in [6.45, 7) is 5.13. The monoisotopic (exact) mass is 274 g/mol. The molecule has 2 atom stereocenters. The number of nitrogens with one attached hydrogen (secondary N) is 2. The molecule has 112 valence electrons. The minimum absolute atomic E-state index is 0.0464. The van der Waals surface area contributed by atoms with Crippen molar-refractivity contribution in [2.24, 2.45) is 5.92 Å². The number of aliphatic carboxylic acids is 1. The molecule has 0 heterocycles. The van der Waals surface area contributed by atoms with Gasteiger partial charge in [0.05, 0.1) is 19.1 Å². The molecule has 1 amide bonds. The van der Waals surface area contributed by atoms with E-state index in [0.29, 0.717) is 19.6 Å². The lowest BCUT2D eigenvalue weighted by molar-refractivity contribution is -0.141. The van der Waals surface area contributed by atoms with Crippen LogP contribution in [0.25, 0.3) is 0 Å². The smallest absolute Gasteiger partial charge is 0.306 e. The largest absolute Gasteiger partial charge is 0.481 e. The Kier molecular flexibility index (Phi) is 10.1. The Morgan fingerprint density at radius 2 is 1.95 bits per heavy atom. The van der Waals surface area contributed by atoms with Crippen LogP contribution in [0, 0.1) is 5.92 Å². The van der Waals surface area contributed by atoms with Crippen molar-refractivity contribution in [1.29, 1.82) is 0 Å². The first-order valence-electron chi connectivity index (χ1n) is 6.69. The third-order valence-electron chi connectivity index (χ3n) is 2.87. The Bertz CT molecular complexity index is 271. The summed E-state index contributed by atoms with van der Waals surface area (Å²) in [5.74, 6) is -1.13. The molecule has 0 spiro atoms. The Labute approximate surface area is 114 Å². The Hall–Kier alpha value is -1.14. The van der Waals surface area contributed by atoms with E-state index < -0.39 is 5.97 Å². The minimum Gasteiger partial charge on any atom is -0.481 e. The zero-order chi connectivity index (χ0) is 14.7. The molecule has 3 N–H and O–H groups in total. The van der Waals surface area contributed by atoms with E-state index in [-0.39, 0.29) is 24.4 Å². The quantitative estimate of drug-likeness (QED) is 0.481. The molecule has 0 fully saturated rings. The van der Waals surface area contributed by atoms with Gasteiger partial charge in [0.2, 0.25) is 5.91 Å². The summed E-state index contributed by atoms with van der Waals surface area (Å²) in [4.78, 5) is 22.1. The summed E-state index contributed by atoms with van der Waals surface area (Å²) < 4.78 is 4.86. The van der Waals surface area contributed by atoms with Crippen molar-refractivity contribution in [1.82, 2.24) is 10.6 Å². The van der Waals surface area contributed by atoms with E-state index in [1.807, 2.05) is 6.92 Å². The van der Waals surface area contributed by atoms with Gasteiger partial charge in [-0.05, 0) is 19.8 Å². The van der Waals surface area contributed by atoms with Crippen LogP contribution in [0.1, 0.15) is 33.1 Å². The van der Waals surface area contributed by atoms with Gasteiger partial charge in [0.1, 0.15) is 0 Å². The molecule has 0 aliphatic carbocycles. The number of carboxylic acid groups (broad SMARTS) is 1. The number of hydrogen-bond acceptors (Lipinski definition) is 4. The van der Waals surface area contributed by atoms with Gasteiger partial charge in [0.25, 0.3) is 0 Å². The normalized spacial score (nSPS) is 13.8. The minimum atomic E-state index is -0.765. The molecule has 2 unspecified atom stereocenters. The highest BCUT2D eigenvalue weighted by molar-refractivity contribution is 5.78. The van der Waals surface area contributed by atoms with Crippen molar-refractivity contribution in [3.8, 4) is 0 Å². The summed E-state index contributed by atoms with van der Waals surface area (Å²) in [6.07, 6.45) is 2.23. The van der Waals surface area contributed by atoms with Gasteiger partial charge in [-0.3, -0.25) is 9.59 Å². The second-order valence-electron chi connectivity index (χ2n) is 4.81. The number of methoxy groups -OCH3 is 1. The van der Waals surface area contributed by atoms with Gasteiger partial charge in [-0.25, -0.2) is 0 Å². The maximum atomic E-state index is 11.5. The van der Waals surface area contributed by atoms with E-state index in [1.165, 1.54) is 0 Å². The fourth-order valence-corrected chi connectivity index (χ4v) is 1.63. The van der Waals surface area contributed by atoms with Gasteiger partial charge in [-0.2, -0.15) is 0 Å². The number of carboxylic acids is 1. The molecule has 0 saturated heterocycles. The first kappa shape index (κ1) is 17.9. The highest BCUT2D eigenvalue weighted by Gasteiger charge is 2.12. The molecule has 0 aliphatic rings. The lowest BCUT2D eigenvalue weighted by Gasteiger charge is -2.14. The summed E-state index contributed by atoms with van der Waals surface area (Å²) in [5.41, 5.74) is 0. The topological polar surface area (TPSA) is 87.7 Å². The third kappa shape index (κ3) is 10.5. The SMILES string of the molecule is COCCNCC(=O)NC(C)CCCC(C)C(=O)O. The van der Waals surface area contributed by atoms with Crippen LogP contribution in [-0.2, 0) is 14.3 Å². The number of hydrogen-bond donors (Lipinski definition) is 3. The fourth-order valence-electron chi connectivity index (χ4n) is 1.63. The van der Waals surface area contributed by atoms with Crippen LogP contribution in [0.15, 0.2) is 0 Å². The summed E-state index contributed by atoms with van der Waals surface area (Å²) in [6, 6.07) is 0.0673. The number of ether oxygens (including phenoxy) is 1. The van der Waals surface area contributed by atoms with Crippen molar-refractivity contribution in [2.75, 3.05) is 26.8 Å². The maximum Gasteiger partial charge on any atom is 0.306 e. The summed E-state index contributed by atoms with van der Waals surface area (Å²) >= 11 is 0. The molecule has 0 radical (unpaired) electrons.